The van der Waals surface area contributed by atoms with Gasteiger partial charge in [0, 0.05) is 12.0 Å². The van der Waals surface area contributed by atoms with Gasteiger partial charge in [0.25, 0.3) is 0 Å². The maximum absolute atomic E-state index is 5.82. The summed E-state index contributed by atoms with van der Waals surface area (Å²) >= 11 is 0. The fraction of sp³-hybridized carbons (Fsp3) is 0.571. The molecule has 0 aromatic heterocycles. The number of hydrogen-bond donors (Lipinski definition) is 0. The molecular formula is C14H20O3. The fourth-order valence-corrected chi connectivity index (χ4v) is 2.43. The second kappa shape index (κ2) is 4.67. The second-order valence-corrected chi connectivity index (χ2v) is 4.37. The largest absolute Gasteiger partial charge is 0.496 e. The van der Waals surface area contributed by atoms with E-state index in [9.17, 15) is 0 Å². The van der Waals surface area contributed by atoms with Crippen LogP contribution in [0.1, 0.15) is 30.0 Å². The van der Waals surface area contributed by atoms with Gasteiger partial charge in [-0.2, -0.15) is 0 Å². The third-order valence-corrected chi connectivity index (χ3v) is 3.59. The molecule has 0 bridgehead atoms. The van der Waals surface area contributed by atoms with Gasteiger partial charge < -0.3 is 14.2 Å². The van der Waals surface area contributed by atoms with Crippen LogP contribution < -0.4 is 4.74 Å². The quantitative estimate of drug-likeness (QED) is 0.807. The van der Waals surface area contributed by atoms with E-state index in [0.29, 0.717) is 13.2 Å². The molecule has 0 aliphatic carbocycles. The van der Waals surface area contributed by atoms with Gasteiger partial charge in [-0.15, -0.1) is 0 Å². The minimum atomic E-state index is -0.554. The molecular weight excluding hydrogens is 216 g/mol. The zero-order valence-electron chi connectivity index (χ0n) is 11.0. The van der Waals surface area contributed by atoms with Gasteiger partial charge in [-0.25, -0.2) is 0 Å². The van der Waals surface area contributed by atoms with E-state index in [-0.39, 0.29) is 0 Å². The van der Waals surface area contributed by atoms with Gasteiger partial charge in [-0.3, -0.25) is 0 Å². The SMILES string of the molecule is CCC1(c2ccc(OC)c(C)c2C)OCCO1. The minimum Gasteiger partial charge on any atom is -0.496 e. The normalized spacial score (nSPS) is 18.4. The van der Waals surface area contributed by atoms with Gasteiger partial charge in [0.15, 0.2) is 5.79 Å². The summed E-state index contributed by atoms with van der Waals surface area (Å²) in [4.78, 5) is 0. The summed E-state index contributed by atoms with van der Waals surface area (Å²) in [5, 5.41) is 0. The predicted molar refractivity (Wildman–Crippen MR) is 66.3 cm³/mol. The van der Waals surface area contributed by atoms with Crippen molar-refractivity contribution in [2.75, 3.05) is 20.3 Å². The van der Waals surface area contributed by atoms with E-state index in [2.05, 4.69) is 26.8 Å². The first-order valence-electron chi connectivity index (χ1n) is 6.07. The van der Waals surface area contributed by atoms with Crippen LogP contribution in [0.15, 0.2) is 12.1 Å². The highest BCUT2D eigenvalue weighted by atomic mass is 16.7. The maximum atomic E-state index is 5.82. The van der Waals surface area contributed by atoms with Crippen molar-refractivity contribution in [1.82, 2.24) is 0 Å². The van der Waals surface area contributed by atoms with Gasteiger partial charge >= 0.3 is 0 Å². The monoisotopic (exact) mass is 236 g/mol. The minimum absolute atomic E-state index is 0.554. The first kappa shape index (κ1) is 12.4. The van der Waals surface area contributed by atoms with Crippen LogP contribution in [0.3, 0.4) is 0 Å². The zero-order valence-corrected chi connectivity index (χ0v) is 11.0. The Balaban J connectivity index is 2.48. The van der Waals surface area contributed by atoms with Crippen molar-refractivity contribution in [3.05, 3.63) is 28.8 Å². The number of hydrogen-bond acceptors (Lipinski definition) is 3. The van der Waals surface area contributed by atoms with Crippen LogP contribution in [-0.4, -0.2) is 20.3 Å². The molecule has 1 fully saturated rings. The van der Waals surface area contributed by atoms with Crippen LogP contribution in [0.4, 0.5) is 0 Å². The molecule has 1 aliphatic heterocycles. The van der Waals surface area contributed by atoms with E-state index in [0.717, 1.165) is 23.3 Å². The van der Waals surface area contributed by atoms with Gasteiger partial charge in [-0.1, -0.05) is 6.92 Å². The highest BCUT2D eigenvalue weighted by Crippen LogP contribution is 2.39. The molecule has 1 aromatic rings. The number of rotatable bonds is 3. The summed E-state index contributed by atoms with van der Waals surface area (Å²) in [6.07, 6.45) is 0.819. The smallest absolute Gasteiger partial charge is 0.194 e. The molecule has 3 nitrogen and oxygen atoms in total. The van der Waals surface area contributed by atoms with E-state index in [4.69, 9.17) is 14.2 Å². The van der Waals surface area contributed by atoms with E-state index in [1.54, 1.807) is 7.11 Å². The fourth-order valence-electron chi connectivity index (χ4n) is 2.43. The Morgan fingerprint density at radius 1 is 1.18 bits per heavy atom. The molecule has 0 radical (unpaired) electrons. The van der Waals surface area contributed by atoms with Gasteiger partial charge in [-0.05, 0) is 37.1 Å². The number of benzene rings is 1. The average Bonchev–Trinajstić information content (AvgIpc) is 2.82. The molecule has 0 spiro atoms. The summed E-state index contributed by atoms with van der Waals surface area (Å²) in [6.45, 7) is 7.58. The van der Waals surface area contributed by atoms with Crippen molar-refractivity contribution in [3.8, 4) is 5.75 Å². The Morgan fingerprint density at radius 3 is 2.35 bits per heavy atom. The first-order chi connectivity index (χ1) is 8.14. The Bertz CT molecular complexity index is 406. The van der Waals surface area contributed by atoms with Crippen LogP contribution in [0.2, 0.25) is 0 Å². The molecule has 0 unspecified atom stereocenters. The lowest BCUT2D eigenvalue weighted by Crippen LogP contribution is -2.27. The molecule has 1 saturated heterocycles. The highest BCUT2D eigenvalue weighted by Gasteiger charge is 2.38. The molecule has 17 heavy (non-hydrogen) atoms. The van der Waals surface area contributed by atoms with Crippen molar-refractivity contribution in [2.45, 2.75) is 33.0 Å². The predicted octanol–water partition coefficient (Wildman–Crippen LogP) is 2.92. The van der Waals surface area contributed by atoms with E-state index in [1.165, 1.54) is 5.56 Å². The maximum Gasteiger partial charge on any atom is 0.194 e. The lowest BCUT2D eigenvalue weighted by Gasteiger charge is -2.29. The second-order valence-electron chi connectivity index (χ2n) is 4.37. The van der Waals surface area contributed by atoms with Crippen LogP contribution in [-0.2, 0) is 15.3 Å². The molecule has 3 heteroatoms. The molecule has 1 aromatic carbocycles. The van der Waals surface area contributed by atoms with E-state index >= 15 is 0 Å². The summed E-state index contributed by atoms with van der Waals surface area (Å²) < 4.78 is 17.0. The Hall–Kier alpha value is -1.06. The Morgan fingerprint density at radius 2 is 1.82 bits per heavy atom. The highest BCUT2D eigenvalue weighted by molar-refractivity contribution is 5.45. The molecule has 0 amide bonds. The summed E-state index contributed by atoms with van der Waals surface area (Å²) in [7, 11) is 1.69. The number of ether oxygens (including phenoxy) is 3. The average molecular weight is 236 g/mol. The topological polar surface area (TPSA) is 27.7 Å². The number of methoxy groups -OCH3 is 1. The summed E-state index contributed by atoms with van der Waals surface area (Å²) in [6, 6.07) is 4.04. The van der Waals surface area contributed by atoms with Crippen LogP contribution in [0, 0.1) is 13.8 Å². The van der Waals surface area contributed by atoms with Gasteiger partial charge in [0.1, 0.15) is 5.75 Å². The zero-order chi connectivity index (χ0) is 12.5. The van der Waals surface area contributed by atoms with Crippen LogP contribution >= 0.6 is 0 Å². The van der Waals surface area contributed by atoms with Gasteiger partial charge in [0.05, 0.1) is 20.3 Å². The van der Waals surface area contributed by atoms with Crippen molar-refractivity contribution in [1.29, 1.82) is 0 Å². The lowest BCUT2D eigenvalue weighted by molar-refractivity contribution is -0.168. The van der Waals surface area contributed by atoms with E-state index < -0.39 is 5.79 Å². The molecule has 0 saturated carbocycles. The molecule has 0 N–H and O–H groups in total. The Kier molecular flexibility index (Phi) is 3.40. The summed E-state index contributed by atoms with van der Waals surface area (Å²) in [5.74, 6) is 0.358. The van der Waals surface area contributed by atoms with Crippen molar-refractivity contribution >= 4 is 0 Å². The first-order valence-corrected chi connectivity index (χ1v) is 6.07. The van der Waals surface area contributed by atoms with Gasteiger partial charge in [0.2, 0.25) is 0 Å². The van der Waals surface area contributed by atoms with Crippen LogP contribution in [0.25, 0.3) is 0 Å². The molecule has 1 aliphatic rings. The van der Waals surface area contributed by atoms with Crippen molar-refractivity contribution in [2.24, 2.45) is 0 Å². The molecule has 1 heterocycles. The Labute approximate surface area is 103 Å². The molecule has 94 valence electrons. The standard InChI is InChI=1S/C14H20O3/c1-5-14(16-8-9-17-14)12-6-7-13(15-4)11(3)10(12)2/h6-7H,5,8-9H2,1-4H3. The lowest BCUT2D eigenvalue weighted by atomic mass is 9.94. The molecule has 0 atom stereocenters. The van der Waals surface area contributed by atoms with Crippen molar-refractivity contribution in [3.63, 3.8) is 0 Å². The summed E-state index contributed by atoms with van der Waals surface area (Å²) in [5.41, 5.74) is 3.46. The third kappa shape index (κ3) is 1.94. The molecule has 2 rings (SSSR count). The van der Waals surface area contributed by atoms with Crippen molar-refractivity contribution < 1.29 is 14.2 Å². The third-order valence-electron chi connectivity index (χ3n) is 3.59. The van der Waals surface area contributed by atoms with Crippen LogP contribution in [0.5, 0.6) is 5.75 Å². The van der Waals surface area contributed by atoms with E-state index in [1.807, 2.05) is 6.07 Å².